The topological polar surface area (TPSA) is 59.2 Å². The lowest BCUT2D eigenvalue weighted by Crippen LogP contribution is -2.32. The molecule has 0 radical (unpaired) electrons. The van der Waals surface area contributed by atoms with E-state index in [1.807, 2.05) is 24.8 Å². The summed E-state index contributed by atoms with van der Waals surface area (Å²) in [6, 6.07) is 3.56. The molecule has 1 amide bonds. The van der Waals surface area contributed by atoms with Gasteiger partial charge in [-0.2, -0.15) is 0 Å². The summed E-state index contributed by atoms with van der Waals surface area (Å²) in [6.07, 6.45) is 2.50. The summed E-state index contributed by atoms with van der Waals surface area (Å²) in [5.41, 5.74) is 7.01. The number of pyridine rings is 1. The van der Waals surface area contributed by atoms with Crippen molar-refractivity contribution < 1.29 is 4.79 Å². The molecule has 0 bridgehead atoms. The molecule has 88 valence electrons. The molecule has 0 atom stereocenters. The average Bonchev–Trinajstić information content (AvgIpc) is 2.29. The minimum Gasteiger partial charge on any atom is -0.339 e. The number of carbonyl (C=O) groups is 1. The third-order valence-electron chi connectivity index (χ3n) is 2.44. The summed E-state index contributed by atoms with van der Waals surface area (Å²) in [6.45, 7) is 5.89. The van der Waals surface area contributed by atoms with E-state index >= 15 is 0 Å². The van der Waals surface area contributed by atoms with Gasteiger partial charge in [0.15, 0.2) is 0 Å². The van der Waals surface area contributed by atoms with Crippen molar-refractivity contribution in [2.75, 3.05) is 19.6 Å². The lowest BCUT2D eigenvalue weighted by atomic mass is 10.2. The second-order valence-electron chi connectivity index (χ2n) is 3.71. The van der Waals surface area contributed by atoms with Gasteiger partial charge in [0.05, 0.1) is 0 Å². The van der Waals surface area contributed by atoms with E-state index in [9.17, 15) is 4.79 Å². The lowest BCUT2D eigenvalue weighted by molar-refractivity contribution is 0.0763. The van der Waals surface area contributed by atoms with Crippen LogP contribution in [0.15, 0.2) is 18.3 Å². The van der Waals surface area contributed by atoms with Crippen LogP contribution >= 0.6 is 0 Å². The first-order valence-electron chi connectivity index (χ1n) is 5.61. The molecule has 0 aromatic carbocycles. The quantitative estimate of drug-likeness (QED) is 0.812. The molecular formula is C12H19N3O. The Morgan fingerprint density at radius 2 is 2.31 bits per heavy atom. The smallest absolute Gasteiger partial charge is 0.253 e. The Labute approximate surface area is 96.5 Å². The third-order valence-corrected chi connectivity index (χ3v) is 2.44. The van der Waals surface area contributed by atoms with Crippen LogP contribution < -0.4 is 5.73 Å². The number of nitrogens with zero attached hydrogens (tertiary/aromatic N) is 2. The molecule has 0 aliphatic rings. The highest BCUT2D eigenvalue weighted by atomic mass is 16.2. The van der Waals surface area contributed by atoms with E-state index in [1.54, 1.807) is 12.3 Å². The summed E-state index contributed by atoms with van der Waals surface area (Å²) >= 11 is 0. The van der Waals surface area contributed by atoms with Crippen molar-refractivity contribution in [2.45, 2.75) is 20.3 Å². The van der Waals surface area contributed by atoms with Crippen LogP contribution in [0, 0.1) is 6.92 Å². The van der Waals surface area contributed by atoms with Gasteiger partial charge in [0, 0.05) is 30.5 Å². The van der Waals surface area contributed by atoms with Crippen LogP contribution in [0.1, 0.15) is 29.4 Å². The summed E-state index contributed by atoms with van der Waals surface area (Å²) < 4.78 is 0. The fourth-order valence-corrected chi connectivity index (χ4v) is 1.55. The Morgan fingerprint density at radius 3 is 2.88 bits per heavy atom. The van der Waals surface area contributed by atoms with Crippen molar-refractivity contribution in [1.29, 1.82) is 0 Å². The summed E-state index contributed by atoms with van der Waals surface area (Å²) in [5.74, 6) is 0.0569. The van der Waals surface area contributed by atoms with Gasteiger partial charge in [-0.25, -0.2) is 0 Å². The van der Waals surface area contributed by atoms with Crippen LogP contribution in [0.4, 0.5) is 0 Å². The van der Waals surface area contributed by atoms with Crippen LogP contribution in [-0.4, -0.2) is 35.4 Å². The largest absolute Gasteiger partial charge is 0.339 e. The van der Waals surface area contributed by atoms with Crippen LogP contribution in [0.3, 0.4) is 0 Å². The van der Waals surface area contributed by atoms with E-state index in [-0.39, 0.29) is 5.91 Å². The molecule has 0 fully saturated rings. The number of aromatic nitrogens is 1. The van der Waals surface area contributed by atoms with Crippen molar-refractivity contribution in [1.82, 2.24) is 9.88 Å². The van der Waals surface area contributed by atoms with Crippen LogP contribution in [0.25, 0.3) is 0 Å². The standard InChI is InChI=1S/C12H19N3O/c1-3-15(8-4-6-13)12(16)11-5-7-14-10(2)9-11/h5,7,9H,3-4,6,8,13H2,1-2H3. The fourth-order valence-electron chi connectivity index (χ4n) is 1.55. The van der Waals surface area contributed by atoms with Crippen LogP contribution in [0.5, 0.6) is 0 Å². The van der Waals surface area contributed by atoms with Crippen LogP contribution in [0.2, 0.25) is 0 Å². The number of hydrogen-bond donors (Lipinski definition) is 1. The molecule has 1 aromatic rings. The molecule has 1 heterocycles. The molecule has 2 N–H and O–H groups in total. The minimum atomic E-state index is 0.0569. The minimum absolute atomic E-state index is 0.0569. The summed E-state index contributed by atoms with van der Waals surface area (Å²) in [7, 11) is 0. The van der Waals surface area contributed by atoms with Gasteiger partial charge in [-0.15, -0.1) is 0 Å². The van der Waals surface area contributed by atoms with Crippen molar-refractivity contribution in [3.8, 4) is 0 Å². The first kappa shape index (κ1) is 12.6. The Morgan fingerprint density at radius 1 is 1.56 bits per heavy atom. The van der Waals surface area contributed by atoms with Crippen molar-refractivity contribution in [2.24, 2.45) is 5.73 Å². The van der Waals surface area contributed by atoms with Gasteiger partial charge in [-0.1, -0.05) is 0 Å². The number of nitrogens with two attached hydrogens (primary N) is 1. The second-order valence-corrected chi connectivity index (χ2v) is 3.71. The van der Waals surface area contributed by atoms with Crippen LogP contribution in [-0.2, 0) is 0 Å². The molecular weight excluding hydrogens is 202 g/mol. The number of aryl methyl sites for hydroxylation is 1. The van der Waals surface area contributed by atoms with E-state index in [2.05, 4.69) is 4.98 Å². The molecule has 0 unspecified atom stereocenters. The monoisotopic (exact) mass is 221 g/mol. The van der Waals surface area contributed by atoms with E-state index < -0.39 is 0 Å². The molecule has 0 aliphatic heterocycles. The van der Waals surface area contributed by atoms with Gasteiger partial charge < -0.3 is 10.6 Å². The third kappa shape index (κ3) is 3.31. The Balaban J connectivity index is 2.74. The summed E-state index contributed by atoms with van der Waals surface area (Å²) in [5, 5.41) is 0. The normalized spacial score (nSPS) is 10.2. The number of carbonyl (C=O) groups excluding carboxylic acids is 1. The summed E-state index contributed by atoms with van der Waals surface area (Å²) in [4.78, 5) is 18.0. The fraction of sp³-hybridized carbons (Fsp3) is 0.500. The van der Waals surface area contributed by atoms with E-state index in [0.717, 1.165) is 12.1 Å². The lowest BCUT2D eigenvalue weighted by Gasteiger charge is -2.20. The van der Waals surface area contributed by atoms with Crippen molar-refractivity contribution in [3.05, 3.63) is 29.6 Å². The number of rotatable bonds is 5. The molecule has 1 aromatic heterocycles. The maximum atomic E-state index is 12.1. The molecule has 0 saturated carbocycles. The molecule has 0 saturated heterocycles. The molecule has 0 spiro atoms. The van der Waals surface area contributed by atoms with Crippen molar-refractivity contribution in [3.63, 3.8) is 0 Å². The van der Waals surface area contributed by atoms with Gasteiger partial charge in [0.2, 0.25) is 0 Å². The Bertz CT molecular complexity index is 352. The highest BCUT2D eigenvalue weighted by Gasteiger charge is 2.13. The maximum Gasteiger partial charge on any atom is 0.253 e. The zero-order chi connectivity index (χ0) is 12.0. The van der Waals surface area contributed by atoms with Gasteiger partial charge in [-0.3, -0.25) is 9.78 Å². The molecule has 4 nitrogen and oxygen atoms in total. The van der Waals surface area contributed by atoms with Gasteiger partial charge in [0.25, 0.3) is 5.91 Å². The first-order chi connectivity index (χ1) is 7.69. The van der Waals surface area contributed by atoms with Crippen molar-refractivity contribution >= 4 is 5.91 Å². The predicted molar refractivity (Wildman–Crippen MR) is 64.2 cm³/mol. The Kier molecular flexibility index (Phi) is 4.92. The average molecular weight is 221 g/mol. The number of amides is 1. The predicted octanol–water partition coefficient (Wildman–Crippen LogP) is 1.20. The Hall–Kier alpha value is -1.42. The highest BCUT2D eigenvalue weighted by molar-refractivity contribution is 5.94. The zero-order valence-corrected chi connectivity index (χ0v) is 9.94. The molecule has 16 heavy (non-hydrogen) atoms. The van der Waals surface area contributed by atoms with Gasteiger partial charge >= 0.3 is 0 Å². The van der Waals surface area contributed by atoms with E-state index in [4.69, 9.17) is 5.73 Å². The van der Waals surface area contributed by atoms with E-state index in [1.165, 1.54) is 0 Å². The van der Waals surface area contributed by atoms with Gasteiger partial charge in [-0.05, 0) is 38.9 Å². The SMILES string of the molecule is CCN(CCCN)C(=O)c1ccnc(C)c1. The first-order valence-corrected chi connectivity index (χ1v) is 5.61. The molecule has 4 heteroatoms. The van der Waals surface area contributed by atoms with E-state index in [0.29, 0.717) is 25.2 Å². The zero-order valence-electron chi connectivity index (χ0n) is 9.94. The maximum absolute atomic E-state index is 12.1. The number of hydrogen-bond acceptors (Lipinski definition) is 3. The molecule has 1 rings (SSSR count). The highest BCUT2D eigenvalue weighted by Crippen LogP contribution is 2.06. The second kappa shape index (κ2) is 6.23. The molecule has 0 aliphatic carbocycles. The van der Waals surface area contributed by atoms with Gasteiger partial charge in [0.1, 0.15) is 0 Å².